The Bertz CT molecular complexity index is 185. The van der Waals surface area contributed by atoms with Crippen LogP contribution in [0, 0.1) is 0 Å². The monoisotopic (exact) mass is 229 g/mol. The van der Waals surface area contributed by atoms with Crippen molar-refractivity contribution >= 4 is 5.91 Å². The third-order valence-corrected chi connectivity index (χ3v) is 2.81. The van der Waals surface area contributed by atoms with E-state index in [1.807, 2.05) is 6.92 Å². The molecule has 96 valence electrons. The number of carbonyl (C=O) groups excluding carboxylic acids is 1. The van der Waals surface area contributed by atoms with Crippen molar-refractivity contribution in [1.82, 2.24) is 10.2 Å². The van der Waals surface area contributed by atoms with Gasteiger partial charge in [0, 0.05) is 13.1 Å². The Hall–Kier alpha value is -0.610. The summed E-state index contributed by atoms with van der Waals surface area (Å²) in [6.07, 6.45) is 3.10. The highest BCUT2D eigenvalue weighted by atomic mass is 16.2. The highest BCUT2D eigenvalue weighted by Crippen LogP contribution is 2.00. The molecule has 4 heteroatoms. The van der Waals surface area contributed by atoms with Crippen molar-refractivity contribution in [2.45, 2.75) is 46.1 Å². The Morgan fingerprint density at radius 3 is 2.56 bits per heavy atom. The number of likely N-dealkylation sites (N-methyl/N-ethyl adjacent to an activating group) is 1. The zero-order valence-corrected chi connectivity index (χ0v) is 11.0. The van der Waals surface area contributed by atoms with Gasteiger partial charge in [-0.1, -0.05) is 20.3 Å². The number of carbonyl (C=O) groups is 1. The van der Waals surface area contributed by atoms with Gasteiger partial charge in [-0.2, -0.15) is 0 Å². The fourth-order valence-electron chi connectivity index (χ4n) is 1.62. The van der Waals surface area contributed by atoms with E-state index in [2.05, 4.69) is 24.1 Å². The topological polar surface area (TPSA) is 58.4 Å². The Morgan fingerprint density at radius 1 is 1.38 bits per heavy atom. The summed E-state index contributed by atoms with van der Waals surface area (Å²) in [5.74, 6) is 0.132. The third kappa shape index (κ3) is 6.08. The fourth-order valence-corrected chi connectivity index (χ4v) is 1.62. The first-order valence-corrected chi connectivity index (χ1v) is 6.39. The second-order valence-electron chi connectivity index (χ2n) is 4.09. The first kappa shape index (κ1) is 15.4. The van der Waals surface area contributed by atoms with Crippen molar-refractivity contribution < 1.29 is 4.79 Å². The van der Waals surface area contributed by atoms with Gasteiger partial charge in [0.2, 0.25) is 5.91 Å². The summed E-state index contributed by atoms with van der Waals surface area (Å²) in [5, 5.41) is 2.96. The van der Waals surface area contributed by atoms with Gasteiger partial charge in [-0.15, -0.1) is 0 Å². The lowest BCUT2D eigenvalue weighted by atomic mass is 10.2. The van der Waals surface area contributed by atoms with Crippen LogP contribution in [0.5, 0.6) is 0 Å². The number of nitrogens with zero attached hydrogens (tertiary/aromatic N) is 1. The first-order valence-electron chi connectivity index (χ1n) is 6.39. The van der Waals surface area contributed by atoms with E-state index in [4.69, 9.17) is 5.73 Å². The maximum atomic E-state index is 11.8. The predicted molar refractivity (Wildman–Crippen MR) is 68.3 cm³/mol. The largest absolute Gasteiger partial charge is 0.355 e. The molecule has 0 spiro atoms. The average Bonchev–Trinajstić information content (AvgIpc) is 2.30. The summed E-state index contributed by atoms with van der Waals surface area (Å²) in [6, 6.07) is -0.0478. The van der Waals surface area contributed by atoms with Gasteiger partial charge < -0.3 is 11.1 Å². The summed E-state index contributed by atoms with van der Waals surface area (Å²) in [5.41, 5.74) is 5.48. The van der Waals surface area contributed by atoms with Crippen LogP contribution < -0.4 is 11.1 Å². The number of unbranched alkanes of at least 4 members (excludes halogenated alkanes) is 1. The van der Waals surface area contributed by atoms with E-state index in [1.165, 1.54) is 0 Å². The Kier molecular flexibility index (Phi) is 9.24. The summed E-state index contributed by atoms with van der Waals surface area (Å²) in [7, 11) is 0. The van der Waals surface area contributed by atoms with Gasteiger partial charge in [-0.25, -0.2) is 0 Å². The van der Waals surface area contributed by atoms with Gasteiger partial charge in [0.1, 0.15) is 0 Å². The fraction of sp³-hybridized carbons (Fsp3) is 0.917. The molecule has 0 aliphatic rings. The molecule has 0 aliphatic carbocycles. The molecule has 1 amide bonds. The van der Waals surface area contributed by atoms with Crippen molar-refractivity contribution in [3.63, 3.8) is 0 Å². The van der Waals surface area contributed by atoms with E-state index in [9.17, 15) is 4.79 Å². The second kappa shape index (κ2) is 9.60. The molecule has 16 heavy (non-hydrogen) atoms. The van der Waals surface area contributed by atoms with E-state index < -0.39 is 0 Å². The van der Waals surface area contributed by atoms with E-state index in [1.54, 1.807) is 0 Å². The molecule has 4 nitrogen and oxygen atoms in total. The normalized spacial score (nSPS) is 12.8. The zero-order valence-electron chi connectivity index (χ0n) is 11.0. The van der Waals surface area contributed by atoms with Crippen LogP contribution in [0.25, 0.3) is 0 Å². The van der Waals surface area contributed by atoms with Crippen LogP contribution >= 0.6 is 0 Å². The molecule has 0 fully saturated rings. The first-order chi connectivity index (χ1) is 7.67. The smallest absolute Gasteiger partial charge is 0.237 e. The number of nitrogens with two attached hydrogens (primary N) is 1. The maximum Gasteiger partial charge on any atom is 0.237 e. The predicted octanol–water partition coefficient (Wildman–Crippen LogP) is 0.962. The van der Waals surface area contributed by atoms with Crippen LogP contribution in [-0.2, 0) is 4.79 Å². The molecule has 1 unspecified atom stereocenters. The van der Waals surface area contributed by atoms with E-state index >= 15 is 0 Å². The molecule has 0 saturated carbocycles. The number of hydrogen-bond acceptors (Lipinski definition) is 3. The summed E-state index contributed by atoms with van der Waals surface area (Å²) < 4.78 is 0. The van der Waals surface area contributed by atoms with Crippen LogP contribution in [0.4, 0.5) is 0 Å². The minimum Gasteiger partial charge on any atom is -0.355 e. The van der Waals surface area contributed by atoms with Gasteiger partial charge >= 0.3 is 0 Å². The average molecular weight is 229 g/mol. The summed E-state index contributed by atoms with van der Waals surface area (Å²) >= 11 is 0. The highest BCUT2D eigenvalue weighted by Gasteiger charge is 2.18. The third-order valence-electron chi connectivity index (χ3n) is 2.81. The second-order valence-corrected chi connectivity index (χ2v) is 4.09. The number of rotatable bonds is 9. The Labute approximate surface area is 99.6 Å². The lowest BCUT2D eigenvalue weighted by Gasteiger charge is -2.26. The number of hydrogen-bond donors (Lipinski definition) is 2. The lowest BCUT2D eigenvalue weighted by molar-refractivity contribution is -0.125. The van der Waals surface area contributed by atoms with Crippen molar-refractivity contribution in [3.8, 4) is 0 Å². The van der Waals surface area contributed by atoms with Crippen LogP contribution in [-0.4, -0.2) is 43.0 Å². The molecule has 0 saturated heterocycles. The Morgan fingerprint density at radius 2 is 2.06 bits per heavy atom. The van der Waals surface area contributed by atoms with E-state index in [0.29, 0.717) is 6.54 Å². The molecule has 0 rings (SSSR count). The molecule has 0 aromatic carbocycles. The molecule has 0 aliphatic heterocycles. The quantitative estimate of drug-likeness (QED) is 0.579. The van der Waals surface area contributed by atoms with Gasteiger partial charge in [0.05, 0.1) is 6.04 Å². The van der Waals surface area contributed by atoms with Crippen molar-refractivity contribution in [2.75, 3.05) is 26.2 Å². The lowest BCUT2D eigenvalue weighted by Crippen LogP contribution is -2.46. The molecule has 0 bridgehead atoms. The van der Waals surface area contributed by atoms with Crippen LogP contribution in [0.1, 0.15) is 40.0 Å². The van der Waals surface area contributed by atoms with Gasteiger partial charge in [-0.3, -0.25) is 9.69 Å². The highest BCUT2D eigenvalue weighted by molar-refractivity contribution is 5.81. The molecular weight excluding hydrogens is 202 g/mol. The molecule has 0 radical (unpaired) electrons. The van der Waals surface area contributed by atoms with E-state index in [0.717, 1.165) is 38.9 Å². The van der Waals surface area contributed by atoms with Crippen LogP contribution in [0.2, 0.25) is 0 Å². The summed E-state index contributed by atoms with van der Waals surface area (Å²) in [4.78, 5) is 14.0. The SMILES string of the molecule is CCCCNC(=O)C(C)N(CC)CCCN. The standard InChI is InChI=1S/C12H27N3O/c1-4-6-9-14-12(16)11(3)15(5-2)10-7-8-13/h11H,4-10,13H2,1-3H3,(H,14,16). The molecule has 1 atom stereocenters. The maximum absolute atomic E-state index is 11.8. The van der Waals surface area contributed by atoms with Crippen molar-refractivity contribution in [3.05, 3.63) is 0 Å². The number of amides is 1. The van der Waals surface area contributed by atoms with Crippen LogP contribution in [0.15, 0.2) is 0 Å². The molecule has 3 N–H and O–H groups in total. The molecular formula is C12H27N3O. The molecule has 0 heterocycles. The van der Waals surface area contributed by atoms with Gasteiger partial charge in [0.15, 0.2) is 0 Å². The molecule has 0 aromatic heterocycles. The zero-order chi connectivity index (χ0) is 12.4. The Balaban J connectivity index is 3.95. The van der Waals surface area contributed by atoms with Crippen LogP contribution in [0.3, 0.4) is 0 Å². The van der Waals surface area contributed by atoms with Gasteiger partial charge in [0.25, 0.3) is 0 Å². The van der Waals surface area contributed by atoms with E-state index in [-0.39, 0.29) is 11.9 Å². The summed E-state index contributed by atoms with van der Waals surface area (Å²) in [6.45, 7) is 9.41. The number of nitrogens with one attached hydrogen (secondary N) is 1. The van der Waals surface area contributed by atoms with Gasteiger partial charge in [-0.05, 0) is 32.9 Å². The van der Waals surface area contributed by atoms with Crippen molar-refractivity contribution in [2.24, 2.45) is 5.73 Å². The minimum absolute atomic E-state index is 0.0478. The van der Waals surface area contributed by atoms with Crippen molar-refractivity contribution in [1.29, 1.82) is 0 Å². The molecule has 0 aromatic rings. The minimum atomic E-state index is -0.0478.